The molecule has 0 aliphatic carbocycles. The van der Waals surface area contributed by atoms with E-state index < -0.39 is 12.1 Å². The SMILES string of the molecule is C=CCN1C(=O)CCCC12CCCN(C(=O)c1ccc3ccccc3n1)C2.O=C(O)C(F)(F)F. The number of aromatic nitrogens is 1. The monoisotopic (exact) mass is 477 g/mol. The number of pyridine rings is 1. The number of carbonyl (C=O) groups is 3. The van der Waals surface area contributed by atoms with Crippen molar-refractivity contribution in [3.8, 4) is 0 Å². The summed E-state index contributed by atoms with van der Waals surface area (Å²) in [5.41, 5.74) is 1.05. The number of alkyl halides is 3. The van der Waals surface area contributed by atoms with E-state index in [0.29, 0.717) is 31.7 Å². The van der Waals surface area contributed by atoms with Gasteiger partial charge in [0.25, 0.3) is 5.91 Å². The molecule has 1 atom stereocenters. The number of nitrogens with zero attached hydrogens (tertiary/aromatic N) is 3. The fraction of sp³-hybridized carbons (Fsp3) is 0.417. The zero-order valence-corrected chi connectivity index (χ0v) is 18.6. The van der Waals surface area contributed by atoms with Gasteiger partial charge in [-0.3, -0.25) is 9.59 Å². The van der Waals surface area contributed by atoms with Crippen LogP contribution in [0.25, 0.3) is 10.9 Å². The first kappa shape index (κ1) is 25.2. The summed E-state index contributed by atoms with van der Waals surface area (Å²) in [6.07, 6.45) is 0.985. The minimum atomic E-state index is -5.08. The predicted octanol–water partition coefficient (Wildman–Crippen LogP) is 4.04. The number of piperidine rings is 2. The Kier molecular flexibility index (Phi) is 7.58. The third-order valence-electron chi connectivity index (χ3n) is 6.12. The molecule has 2 amide bonds. The van der Waals surface area contributed by atoms with Crippen LogP contribution >= 0.6 is 0 Å². The molecule has 2 saturated heterocycles. The largest absolute Gasteiger partial charge is 0.490 e. The number of fused-ring (bicyclic) bond motifs is 1. The van der Waals surface area contributed by atoms with E-state index in [2.05, 4.69) is 11.6 Å². The van der Waals surface area contributed by atoms with Gasteiger partial charge in [-0.25, -0.2) is 9.78 Å². The molecule has 2 fully saturated rings. The number of hydrogen-bond donors (Lipinski definition) is 1. The quantitative estimate of drug-likeness (QED) is 0.674. The first-order valence-corrected chi connectivity index (χ1v) is 10.9. The first-order chi connectivity index (χ1) is 16.1. The fourth-order valence-corrected chi connectivity index (χ4v) is 4.58. The van der Waals surface area contributed by atoms with Crippen LogP contribution < -0.4 is 0 Å². The molecule has 1 unspecified atom stereocenters. The van der Waals surface area contributed by atoms with Crippen molar-refractivity contribution in [1.82, 2.24) is 14.8 Å². The van der Waals surface area contributed by atoms with Crippen LogP contribution in [0.4, 0.5) is 13.2 Å². The van der Waals surface area contributed by atoms with Crippen LogP contribution in [-0.4, -0.2) is 69.0 Å². The Labute approximate surface area is 194 Å². The van der Waals surface area contributed by atoms with E-state index >= 15 is 0 Å². The van der Waals surface area contributed by atoms with E-state index in [4.69, 9.17) is 9.90 Å². The molecule has 4 rings (SSSR count). The molecule has 34 heavy (non-hydrogen) atoms. The molecule has 2 aromatic rings. The molecule has 1 aromatic carbocycles. The topological polar surface area (TPSA) is 90.8 Å². The lowest BCUT2D eigenvalue weighted by atomic mass is 9.79. The zero-order chi connectivity index (χ0) is 24.9. The van der Waals surface area contributed by atoms with Crippen molar-refractivity contribution in [2.24, 2.45) is 0 Å². The second-order valence-corrected chi connectivity index (χ2v) is 8.39. The van der Waals surface area contributed by atoms with Gasteiger partial charge in [-0.15, -0.1) is 6.58 Å². The highest BCUT2D eigenvalue weighted by Gasteiger charge is 2.45. The molecule has 0 saturated carbocycles. The van der Waals surface area contributed by atoms with E-state index in [9.17, 15) is 22.8 Å². The third kappa shape index (κ3) is 5.55. The molecular formula is C24H26F3N3O4. The normalized spacial score (nSPS) is 20.6. The molecule has 7 nitrogen and oxygen atoms in total. The Bertz CT molecular complexity index is 1080. The molecule has 182 valence electrons. The molecule has 2 aliphatic rings. The van der Waals surface area contributed by atoms with Crippen molar-refractivity contribution < 1.29 is 32.7 Å². The van der Waals surface area contributed by atoms with E-state index in [1.54, 1.807) is 12.1 Å². The Hall–Kier alpha value is -3.43. The average Bonchev–Trinajstić information content (AvgIpc) is 2.81. The highest BCUT2D eigenvalue weighted by Crippen LogP contribution is 2.37. The average molecular weight is 477 g/mol. The Morgan fingerprint density at radius 3 is 2.50 bits per heavy atom. The van der Waals surface area contributed by atoms with Crippen molar-refractivity contribution >= 4 is 28.7 Å². The molecular weight excluding hydrogens is 451 g/mol. The summed E-state index contributed by atoms with van der Waals surface area (Å²) in [5, 5.41) is 8.15. The number of carboxylic acid groups (broad SMARTS) is 1. The van der Waals surface area contributed by atoms with Gasteiger partial charge in [-0.2, -0.15) is 13.2 Å². The molecule has 1 spiro atoms. The van der Waals surface area contributed by atoms with Crippen molar-refractivity contribution in [3.63, 3.8) is 0 Å². The molecule has 10 heteroatoms. The Balaban J connectivity index is 0.000000406. The van der Waals surface area contributed by atoms with Crippen LogP contribution in [0, 0.1) is 0 Å². The van der Waals surface area contributed by atoms with E-state index in [-0.39, 0.29) is 17.4 Å². The summed E-state index contributed by atoms with van der Waals surface area (Å²) in [5.74, 6) is -2.62. The number of carbonyl (C=O) groups excluding carboxylic acids is 2. The zero-order valence-electron chi connectivity index (χ0n) is 18.6. The van der Waals surface area contributed by atoms with Crippen LogP contribution in [0.15, 0.2) is 49.1 Å². The minimum absolute atomic E-state index is 0.0450. The van der Waals surface area contributed by atoms with Crippen LogP contribution in [0.5, 0.6) is 0 Å². The van der Waals surface area contributed by atoms with Gasteiger partial charge in [0.1, 0.15) is 5.69 Å². The molecule has 3 heterocycles. The Morgan fingerprint density at radius 1 is 1.15 bits per heavy atom. The smallest absolute Gasteiger partial charge is 0.475 e. The van der Waals surface area contributed by atoms with Crippen LogP contribution in [0.2, 0.25) is 0 Å². The number of hydrogen-bond acceptors (Lipinski definition) is 4. The lowest BCUT2D eigenvalue weighted by molar-refractivity contribution is -0.192. The molecule has 2 aliphatic heterocycles. The van der Waals surface area contributed by atoms with Crippen LogP contribution in [-0.2, 0) is 9.59 Å². The maximum Gasteiger partial charge on any atom is 0.490 e. The first-order valence-electron chi connectivity index (χ1n) is 10.9. The van der Waals surface area contributed by atoms with Crippen molar-refractivity contribution in [1.29, 1.82) is 0 Å². The number of carboxylic acids is 1. The summed E-state index contributed by atoms with van der Waals surface area (Å²) in [6.45, 7) is 5.66. The van der Waals surface area contributed by atoms with E-state index in [1.807, 2.05) is 40.1 Å². The molecule has 0 bridgehead atoms. The molecule has 1 aromatic heterocycles. The third-order valence-corrected chi connectivity index (χ3v) is 6.12. The summed E-state index contributed by atoms with van der Waals surface area (Å²) >= 11 is 0. The highest BCUT2D eigenvalue weighted by atomic mass is 19.4. The lowest BCUT2D eigenvalue weighted by Crippen LogP contribution is -2.63. The summed E-state index contributed by atoms with van der Waals surface area (Å²) in [6, 6.07) is 11.6. The Morgan fingerprint density at radius 2 is 1.82 bits per heavy atom. The van der Waals surface area contributed by atoms with Gasteiger partial charge >= 0.3 is 12.1 Å². The predicted molar refractivity (Wildman–Crippen MR) is 119 cm³/mol. The second-order valence-electron chi connectivity index (χ2n) is 8.39. The van der Waals surface area contributed by atoms with Crippen molar-refractivity contribution in [3.05, 3.63) is 54.7 Å². The van der Waals surface area contributed by atoms with Gasteiger partial charge in [0, 0.05) is 31.4 Å². The van der Waals surface area contributed by atoms with E-state index in [0.717, 1.165) is 36.6 Å². The number of likely N-dealkylation sites (tertiary alicyclic amines) is 2. The number of aliphatic carboxylic acids is 1. The number of benzene rings is 1. The van der Waals surface area contributed by atoms with Crippen molar-refractivity contribution in [2.45, 2.75) is 43.8 Å². The van der Waals surface area contributed by atoms with Crippen LogP contribution in [0.3, 0.4) is 0 Å². The number of amides is 2. The summed E-state index contributed by atoms with van der Waals surface area (Å²) in [4.78, 5) is 43.0. The fourth-order valence-electron chi connectivity index (χ4n) is 4.58. The number of rotatable bonds is 3. The van der Waals surface area contributed by atoms with Gasteiger partial charge in [0.05, 0.1) is 11.1 Å². The standard InChI is InChI=1S/C22H25N3O2.C2HF3O2/c1-2-14-25-20(26)9-5-12-22(25)13-6-15-24(16-22)21(27)19-11-10-17-7-3-4-8-18(17)23-19;3-2(4,5)1(6)7/h2-4,7-8,10-11H,1,5-6,9,12-16H2;(H,6,7). The number of halogens is 3. The van der Waals surface area contributed by atoms with Crippen LogP contribution in [0.1, 0.15) is 42.6 Å². The maximum atomic E-state index is 13.2. The van der Waals surface area contributed by atoms with Gasteiger partial charge in [0.2, 0.25) is 5.91 Å². The summed E-state index contributed by atoms with van der Waals surface area (Å²) < 4.78 is 31.7. The highest BCUT2D eigenvalue weighted by molar-refractivity contribution is 5.95. The second kappa shape index (κ2) is 10.2. The number of para-hydroxylation sites is 1. The molecule has 1 N–H and O–H groups in total. The van der Waals surface area contributed by atoms with Gasteiger partial charge in [0.15, 0.2) is 0 Å². The van der Waals surface area contributed by atoms with Crippen molar-refractivity contribution in [2.75, 3.05) is 19.6 Å². The summed E-state index contributed by atoms with van der Waals surface area (Å²) in [7, 11) is 0. The van der Waals surface area contributed by atoms with Gasteiger partial charge in [-0.05, 0) is 37.8 Å². The van der Waals surface area contributed by atoms with Gasteiger partial charge in [-0.1, -0.05) is 30.3 Å². The van der Waals surface area contributed by atoms with Gasteiger partial charge < -0.3 is 14.9 Å². The lowest BCUT2D eigenvalue weighted by Gasteiger charge is -2.51. The molecule has 0 radical (unpaired) electrons. The minimum Gasteiger partial charge on any atom is -0.475 e. The van der Waals surface area contributed by atoms with E-state index in [1.165, 1.54) is 0 Å². The maximum absolute atomic E-state index is 13.2.